The van der Waals surface area contributed by atoms with Gasteiger partial charge < -0.3 is 9.42 Å². The van der Waals surface area contributed by atoms with Gasteiger partial charge in [-0.3, -0.25) is 0 Å². The molecule has 0 spiro atoms. The van der Waals surface area contributed by atoms with Gasteiger partial charge in [0.1, 0.15) is 12.1 Å². The summed E-state index contributed by atoms with van der Waals surface area (Å²) < 4.78 is 33.4. The molecule has 0 amide bonds. The van der Waals surface area contributed by atoms with E-state index in [1.165, 1.54) is 0 Å². The monoisotopic (exact) mass is 413 g/mol. The Morgan fingerprint density at radius 2 is 1.76 bits per heavy atom. The summed E-state index contributed by atoms with van der Waals surface area (Å²) in [5.74, 6) is 1.42. The number of sulfonamides is 1. The fraction of sp³-hybridized carbons (Fsp3) is 0.350. The highest BCUT2D eigenvalue weighted by Crippen LogP contribution is 2.28. The first kappa shape index (κ1) is 19.5. The van der Waals surface area contributed by atoms with Crippen LogP contribution in [-0.2, 0) is 10.0 Å². The molecular weight excluding hydrogens is 390 g/mol. The maximum absolute atomic E-state index is 13.3. The molecule has 0 N–H and O–H groups in total. The van der Waals surface area contributed by atoms with Crippen molar-refractivity contribution in [3.05, 3.63) is 53.6 Å². The van der Waals surface area contributed by atoms with Crippen molar-refractivity contribution in [3.8, 4) is 11.3 Å². The molecule has 0 radical (unpaired) electrons. The molecule has 29 heavy (non-hydrogen) atoms. The van der Waals surface area contributed by atoms with Crippen molar-refractivity contribution >= 4 is 15.8 Å². The molecule has 0 atom stereocenters. The van der Waals surface area contributed by atoms with Crippen LogP contribution in [0.5, 0.6) is 0 Å². The summed E-state index contributed by atoms with van der Waals surface area (Å²) in [6.07, 6.45) is 3.10. The van der Waals surface area contributed by atoms with Crippen molar-refractivity contribution in [2.24, 2.45) is 0 Å². The summed E-state index contributed by atoms with van der Waals surface area (Å²) in [6.45, 7) is 7.71. The van der Waals surface area contributed by atoms with Crippen LogP contribution in [0, 0.1) is 20.8 Å². The summed E-state index contributed by atoms with van der Waals surface area (Å²) in [7, 11) is -3.62. The standard InChI is InChI=1S/C20H23N5O3S/c1-14-4-5-17(18-6-7-23-28-18)12-19(14)29(26,27)25-10-8-24(9-11-25)20-15(2)16(3)21-13-22-20/h4-7,12-13H,8-11H2,1-3H3. The van der Waals surface area contributed by atoms with Gasteiger partial charge in [-0.05, 0) is 32.4 Å². The van der Waals surface area contributed by atoms with Gasteiger partial charge in [-0.2, -0.15) is 4.31 Å². The number of anilines is 1. The quantitative estimate of drug-likeness (QED) is 0.649. The minimum absolute atomic E-state index is 0.300. The van der Waals surface area contributed by atoms with E-state index in [2.05, 4.69) is 20.0 Å². The van der Waals surface area contributed by atoms with E-state index in [1.54, 1.807) is 42.0 Å². The van der Waals surface area contributed by atoms with Crippen molar-refractivity contribution < 1.29 is 12.9 Å². The molecule has 8 nitrogen and oxygen atoms in total. The van der Waals surface area contributed by atoms with Gasteiger partial charge in [0, 0.05) is 49.1 Å². The summed E-state index contributed by atoms with van der Waals surface area (Å²) in [4.78, 5) is 11.0. The Bertz CT molecular complexity index is 1120. The molecule has 2 aromatic heterocycles. The van der Waals surface area contributed by atoms with Crippen molar-refractivity contribution in [3.63, 3.8) is 0 Å². The van der Waals surface area contributed by atoms with Gasteiger partial charge >= 0.3 is 0 Å². The number of nitrogens with zero attached hydrogens (tertiary/aromatic N) is 5. The maximum Gasteiger partial charge on any atom is 0.243 e. The number of hydrogen-bond acceptors (Lipinski definition) is 7. The van der Waals surface area contributed by atoms with Crippen molar-refractivity contribution in [1.29, 1.82) is 0 Å². The van der Waals surface area contributed by atoms with Crippen molar-refractivity contribution in [2.75, 3.05) is 31.1 Å². The zero-order chi connectivity index (χ0) is 20.6. The van der Waals surface area contributed by atoms with Crippen molar-refractivity contribution in [1.82, 2.24) is 19.4 Å². The first-order valence-corrected chi connectivity index (χ1v) is 10.9. The van der Waals surface area contributed by atoms with Crippen LogP contribution >= 0.6 is 0 Å². The average Bonchev–Trinajstić information content (AvgIpc) is 3.25. The Labute approximate surface area is 170 Å². The fourth-order valence-corrected chi connectivity index (χ4v) is 5.19. The third-order valence-electron chi connectivity index (χ3n) is 5.38. The second-order valence-corrected chi connectivity index (χ2v) is 9.06. The molecule has 1 aliphatic heterocycles. The van der Waals surface area contributed by atoms with Crippen molar-refractivity contribution in [2.45, 2.75) is 25.7 Å². The smallest absolute Gasteiger partial charge is 0.243 e. The molecule has 1 fully saturated rings. The molecule has 1 saturated heterocycles. The van der Waals surface area contributed by atoms with Gasteiger partial charge in [-0.1, -0.05) is 17.3 Å². The summed E-state index contributed by atoms with van der Waals surface area (Å²) in [5.41, 5.74) is 3.36. The Hall–Kier alpha value is -2.78. The zero-order valence-electron chi connectivity index (χ0n) is 16.7. The first-order chi connectivity index (χ1) is 13.9. The van der Waals surface area contributed by atoms with Crippen LogP contribution in [0.25, 0.3) is 11.3 Å². The highest BCUT2D eigenvalue weighted by molar-refractivity contribution is 7.89. The number of hydrogen-bond donors (Lipinski definition) is 0. The maximum atomic E-state index is 13.3. The molecule has 9 heteroatoms. The molecule has 0 bridgehead atoms. The summed E-state index contributed by atoms with van der Waals surface area (Å²) in [5, 5.41) is 3.70. The van der Waals surface area contributed by atoms with E-state index in [0.717, 1.165) is 17.1 Å². The number of benzene rings is 1. The zero-order valence-corrected chi connectivity index (χ0v) is 17.5. The first-order valence-electron chi connectivity index (χ1n) is 9.43. The van der Waals surface area contributed by atoms with Gasteiger partial charge in [0.25, 0.3) is 0 Å². The molecule has 3 aromatic rings. The highest BCUT2D eigenvalue weighted by atomic mass is 32.2. The van der Waals surface area contributed by atoms with Crippen LogP contribution in [0.1, 0.15) is 16.8 Å². The lowest BCUT2D eigenvalue weighted by molar-refractivity contribution is 0.383. The summed E-state index contributed by atoms with van der Waals surface area (Å²) >= 11 is 0. The van der Waals surface area contributed by atoms with E-state index in [9.17, 15) is 8.42 Å². The Balaban J connectivity index is 1.57. The van der Waals surface area contributed by atoms with Crippen LogP contribution in [0.3, 0.4) is 0 Å². The fourth-order valence-electron chi connectivity index (χ4n) is 3.52. The second-order valence-electron chi connectivity index (χ2n) is 7.16. The Morgan fingerprint density at radius 3 is 2.45 bits per heavy atom. The predicted octanol–water partition coefficient (Wildman–Crippen LogP) is 2.57. The lowest BCUT2D eigenvalue weighted by atomic mass is 10.1. The topological polar surface area (TPSA) is 92.4 Å². The molecular formula is C20H23N5O3S. The van der Waals surface area contributed by atoms with Crippen LogP contribution in [0.4, 0.5) is 5.82 Å². The van der Waals surface area contributed by atoms with Gasteiger partial charge in [-0.25, -0.2) is 18.4 Å². The number of rotatable bonds is 4. The van der Waals surface area contributed by atoms with E-state index in [0.29, 0.717) is 48.0 Å². The molecule has 4 rings (SSSR count). The van der Waals surface area contributed by atoms with Crippen LogP contribution in [0.2, 0.25) is 0 Å². The Morgan fingerprint density at radius 1 is 1.00 bits per heavy atom. The van der Waals surface area contributed by atoms with Gasteiger partial charge in [0.15, 0.2) is 5.76 Å². The normalized spacial score (nSPS) is 15.6. The van der Waals surface area contributed by atoms with E-state index < -0.39 is 10.0 Å². The van der Waals surface area contributed by atoms with E-state index >= 15 is 0 Å². The molecule has 3 heterocycles. The third kappa shape index (κ3) is 3.63. The lowest BCUT2D eigenvalue weighted by Crippen LogP contribution is -2.49. The van der Waals surface area contributed by atoms with Gasteiger partial charge in [-0.15, -0.1) is 0 Å². The SMILES string of the molecule is Cc1ccc(-c2ccno2)cc1S(=O)(=O)N1CCN(c2ncnc(C)c2C)CC1. The van der Waals surface area contributed by atoms with Gasteiger partial charge in [0.2, 0.25) is 10.0 Å². The largest absolute Gasteiger partial charge is 0.356 e. The molecule has 152 valence electrons. The minimum atomic E-state index is -3.62. The molecule has 0 saturated carbocycles. The van der Waals surface area contributed by atoms with E-state index in [4.69, 9.17) is 4.52 Å². The van der Waals surface area contributed by atoms with E-state index in [-0.39, 0.29) is 0 Å². The minimum Gasteiger partial charge on any atom is -0.356 e. The molecule has 1 aromatic carbocycles. The third-order valence-corrected chi connectivity index (χ3v) is 7.42. The second kappa shape index (κ2) is 7.57. The van der Waals surface area contributed by atoms with Gasteiger partial charge in [0.05, 0.1) is 11.1 Å². The van der Waals surface area contributed by atoms with Crippen LogP contribution < -0.4 is 4.90 Å². The Kier molecular flexibility index (Phi) is 5.10. The number of aryl methyl sites for hydroxylation is 2. The van der Waals surface area contributed by atoms with Crippen LogP contribution in [0.15, 0.2) is 46.2 Å². The number of piperazine rings is 1. The summed E-state index contributed by atoms with van der Waals surface area (Å²) in [6, 6.07) is 7.02. The highest BCUT2D eigenvalue weighted by Gasteiger charge is 2.31. The lowest BCUT2D eigenvalue weighted by Gasteiger charge is -2.35. The average molecular weight is 414 g/mol. The molecule has 1 aliphatic rings. The van der Waals surface area contributed by atoms with Crippen LogP contribution in [-0.4, -0.2) is 54.0 Å². The molecule has 0 unspecified atom stereocenters. The predicted molar refractivity (Wildman–Crippen MR) is 109 cm³/mol. The van der Waals surface area contributed by atoms with E-state index in [1.807, 2.05) is 19.9 Å². The number of aromatic nitrogens is 3. The molecule has 0 aliphatic carbocycles.